The number of carbonyl (C=O) groups is 1. The van der Waals surface area contributed by atoms with E-state index in [0.717, 1.165) is 16.8 Å². The predicted octanol–water partition coefficient (Wildman–Crippen LogP) is 4.40. The van der Waals surface area contributed by atoms with Crippen LogP contribution in [0, 0.1) is 17.0 Å². The van der Waals surface area contributed by atoms with Gasteiger partial charge in [0.1, 0.15) is 5.75 Å². The van der Waals surface area contributed by atoms with Gasteiger partial charge in [0.05, 0.1) is 29.6 Å². The van der Waals surface area contributed by atoms with E-state index in [1.807, 2.05) is 60.0 Å². The molecule has 0 fully saturated rings. The summed E-state index contributed by atoms with van der Waals surface area (Å²) >= 11 is 1.20. The molecule has 0 aliphatic rings. The van der Waals surface area contributed by atoms with Gasteiger partial charge in [0.15, 0.2) is 11.0 Å². The molecule has 0 aliphatic heterocycles. The molecule has 0 aliphatic carbocycles. The van der Waals surface area contributed by atoms with Gasteiger partial charge < -0.3 is 4.74 Å². The number of hydrazone groups is 1. The Hall–Kier alpha value is -4.51. The first-order valence-electron chi connectivity index (χ1n) is 10.8. The van der Waals surface area contributed by atoms with Gasteiger partial charge in [-0.05, 0) is 37.3 Å². The molecule has 0 bridgehead atoms. The van der Waals surface area contributed by atoms with Gasteiger partial charge in [0.25, 0.3) is 11.6 Å². The molecule has 0 spiro atoms. The lowest BCUT2D eigenvalue weighted by atomic mass is 10.1. The lowest BCUT2D eigenvalue weighted by Gasteiger charge is -2.11. The van der Waals surface area contributed by atoms with Crippen molar-refractivity contribution in [2.45, 2.75) is 12.1 Å². The highest BCUT2D eigenvalue weighted by atomic mass is 32.2. The summed E-state index contributed by atoms with van der Waals surface area (Å²) in [6.45, 7) is 2.01. The van der Waals surface area contributed by atoms with E-state index in [4.69, 9.17) is 4.74 Å². The number of benzene rings is 3. The molecular formula is C25H22N6O4S. The van der Waals surface area contributed by atoms with E-state index in [-0.39, 0.29) is 17.0 Å². The monoisotopic (exact) mass is 502 g/mol. The molecular weight excluding hydrogens is 480 g/mol. The second kappa shape index (κ2) is 11.3. The van der Waals surface area contributed by atoms with Crippen molar-refractivity contribution in [2.24, 2.45) is 5.10 Å². The number of aryl methyl sites for hydroxylation is 1. The number of carbonyl (C=O) groups excluding carboxylic acids is 1. The fraction of sp³-hybridized carbons (Fsp3) is 0.120. The maximum atomic E-state index is 12.4. The van der Waals surface area contributed by atoms with Crippen LogP contribution in [0.15, 0.2) is 83.1 Å². The zero-order chi connectivity index (χ0) is 25.5. The average molecular weight is 503 g/mol. The summed E-state index contributed by atoms with van der Waals surface area (Å²) in [7, 11) is 1.60. The van der Waals surface area contributed by atoms with Crippen LogP contribution in [0.3, 0.4) is 0 Å². The van der Waals surface area contributed by atoms with E-state index in [2.05, 4.69) is 20.7 Å². The Balaban J connectivity index is 1.52. The van der Waals surface area contributed by atoms with Crippen molar-refractivity contribution in [3.8, 4) is 22.8 Å². The maximum Gasteiger partial charge on any atom is 0.278 e. The summed E-state index contributed by atoms with van der Waals surface area (Å²) in [4.78, 5) is 23.0. The van der Waals surface area contributed by atoms with Crippen LogP contribution in [0.5, 0.6) is 5.75 Å². The first-order chi connectivity index (χ1) is 17.5. The molecule has 1 aromatic heterocycles. The lowest BCUT2D eigenvalue weighted by molar-refractivity contribution is -0.385. The zero-order valence-corrected chi connectivity index (χ0v) is 20.3. The molecule has 3 aromatic carbocycles. The number of aromatic nitrogens is 3. The molecule has 0 radical (unpaired) electrons. The van der Waals surface area contributed by atoms with Gasteiger partial charge in [-0.1, -0.05) is 53.7 Å². The first-order valence-corrected chi connectivity index (χ1v) is 11.8. The van der Waals surface area contributed by atoms with Crippen molar-refractivity contribution in [2.75, 3.05) is 12.9 Å². The second-order valence-electron chi connectivity index (χ2n) is 7.60. The standard InChI is InChI=1S/C25H22N6O4S/c1-17-7-9-18(10-8-17)24-28-29-25(30(24)20-11-13-21(35-2)14-12-20)36-16-23(32)27-26-15-19-5-3-4-6-22(19)31(33)34/h3-15H,16H2,1-2H3,(H,27,32). The van der Waals surface area contributed by atoms with E-state index < -0.39 is 10.8 Å². The first kappa shape index (κ1) is 24.6. The van der Waals surface area contributed by atoms with Crippen LogP contribution in [0.25, 0.3) is 17.1 Å². The molecule has 1 heterocycles. The number of nitrogens with zero attached hydrogens (tertiary/aromatic N) is 5. The van der Waals surface area contributed by atoms with E-state index in [1.165, 1.54) is 24.0 Å². The largest absolute Gasteiger partial charge is 0.497 e. The molecule has 0 saturated heterocycles. The number of ether oxygens (including phenoxy) is 1. The minimum absolute atomic E-state index is 0.0103. The van der Waals surface area contributed by atoms with E-state index >= 15 is 0 Å². The number of para-hydroxylation sites is 1. The van der Waals surface area contributed by atoms with Crippen LogP contribution in [-0.4, -0.2) is 44.7 Å². The Labute approximate surface area is 211 Å². The minimum Gasteiger partial charge on any atom is -0.497 e. The van der Waals surface area contributed by atoms with Crippen molar-refractivity contribution in [3.63, 3.8) is 0 Å². The third-order valence-corrected chi connectivity index (χ3v) is 6.06. The Morgan fingerprint density at radius 2 is 1.83 bits per heavy atom. The van der Waals surface area contributed by atoms with Crippen LogP contribution in [-0.2, 0) is 4.79 Å². The summed E-state index contributed by atoms with van der Waals surface area (Å²) in [5.74, 6) is 0.971. The minimum atomic E-state index is -0.503. The van der Waals surface area contributed by atoms with Crippen LogP contribution in [0.4, 0.5) is 5.69 Å². The molecule has 4 aromatic rings. The molecule has 1 amide bonds. The number of nitro benzene ring substituents is 1. The summed E-state index contributed by atoms with van der Waals surface area (Å²) < 4.78 is 7.14. The van der Waals surface area contributed by atoms with Crippen molar-refractivity contribution in [1.82, 2.24) is 20.2 Å². The summed E-state index contributed by atoms with van der Waals surface area (Å²) in [6.07, 6.45) is 1.25. The number of methoxy groups -OCH3 is 1. The van der Waals surface area contributed by atoms with E-state index in [1.54, 1.807) is 25.3 Å². The number of hydrogen-bond donors (Lipinski definition) is 1. The van der Waals surface area contributed by atoms with Crippen molar-refractivity contribution < 1.29 is 14.5 Å². The predicted molar refractivity (Wildman–Crippen MR) is 138 cm³/mol. The molecule has 0 saturated carbocycles. The van der Waals surface area contributed by atoms with Crippen LogP contribution >= 0.6 is 11.8 Å². The van der Waals surface area contributed by atoms with E-state index in [9.17, 15) is 14.9 Å². The average Bonchev–Trinajstić information content (AvgIpc) is 3.32. The molecule has 10 nitrogen and oxygen atoms in total. The molecule has 11 heteroatoms. The molecule has 182 valence electrons. The van der Waals surface area contributed by atoms with Gasteiger partial charge in [-0.15, -0.1) is 10.2 Å². The van der Waals surface area contributed by atoms with Crippen molar-refractivity contribution in [1.29, 1.82) is 0 Å². The van der Waals surface area contributed by atoms with Gasteiger partial charge in [-0.2, -0.15) is 5.10 Å². The summed E-state index contributed by atoms with van der Waals surface area (Å²) in [5.41, 5.74) is 5.42. The van der Waals surface area contributed by atoms with Crippen LogP contribution in [0.2, 0.25) is 0 Å². The van der Waals surface area contributed by atoms with E-state index in [0.29, 0.717) is 16.7 Å². The topological polar surface area (TPSA) is 125 Å². The highest BCUT2D eigenvalue weighted by Crippen LogP contribution is 2.29. The normalized spacial score (nSPS) is 10.9. The molecule has 4 rings (SSSR count). The SMILES string of the molecule is COc1ccc(-n2c(SCC(=O)NN=Cc3ccccc3[N+](=O)[O-])nnc2-c2ccc(C)cc2)cc1. The Bertz CT molecular complexity index is 1400. The highest BCUT2D eigenvalue weighted by molar-refractivity contribution is 7.99. The van der Waals surface area contributed by atoms with Gasteiger partial charge >= 0.3 is 0 Å². The van der Waals surface area contributed by atoms with Crippen molar-refractivity contribution in [3.05, 3.63) is 94.0 Å². The maximum absolute atomic E-state index is 12.4. The van der Waals surface area contributed by atoms with Crippen LogP contribution in [0.1, 0.15) is 11.1 Å². The van der Waals surface area contributed by atoms with Gasteiger partial charge in [0, 0.05) is 17.3 Å². The Kier molecular flexibility index (Phi) is 7.71. The quantitative estimate of drug-likeness (QED) is 0.156. The molecule has 0 atom stereocenters. The number of hydrogen-bond acceptors (Lipinski definition) is 8. The Morgan fingerprint density at radius 1 is 1.11 bits per heavy atom. The summed E-state index contributed by atoms with van der Waals surface area (Å²) in [6, 6.07) is 21.5. The third-order valence-electron chi connectivity index (χ3n) is 5.13. The van der Waals surface area contributed by atoms with Gasteiger partial charge in [-0.3, -0.25) is 19.5 Å². The number of nitrogens with one attached hydrogen (secondary N) is 1. The molecule has 36 heavy (non-hydrogen) atoms. The number of amides is 1. The fourth-order valence-corrected chi connectivity index (χ4v) is 4.06. The number of nitro groups is 1. The van der Waals surface area contributed by atoms with Gasteiger partial charge in [-0.25, -0.2) is 5.43 Å². The lowest BCUT2D eigenvalue weighted by Crippen LogP contribution is -2.20. The van der Waals surface area contributed by atoms with Crippen LogP contribution < -0.4 is 10.2 Å². The third kappa shape index (κ3) is 5.76. The fourth-order valence-electron chi connectivity index (χ4n) is 3.32. The second-order valence-corrected chi connectivity index (χ2v) is 8.55. The summed E-state index contributed by atoms with van der Waals surface area (Å²) in [5, 5.41) is 24.2. The highest BCUT2D eigenvalue weighted by Gasteiger charge is 2.17. The smallest absolute Gasteiger partial charge is 0.278 e. The number of thioether (sulfide) groups is 1. The molecule has 1 N–H and O–H groups in total. The molecule has 0 unspecified atom stereocenters. The Morgan fingerprint density at radius 3 is 2.53 bits per heavy atom. The zero-order valence-electron chi connectivity index (χ0n) is 19.5. The van der Waals surface area contributed by atoms with Gasteiger partial charge in [0.2, 0.25) is 0 Å². The number of rotatable bonds is 9. The van der Waals surface area contributed by atoms with Crippen molar-refractivity contribution >= 4 is 29.6 Å².